The van der Waals surface area contributed by atoms with E-state index in [0.29, 0.717) is 29.2 Å². The van der Waals surface area contributed by atoms with E-state index in [9.17, 15) is 9.59 Å². The summed E-state index contributed by atoms with van der Waals surface area (Å²) in [6.07, 6.45) is 0.298. The summed E-state index contributed by atoms with van der Waals surface area (Å²) in [5.41, 5.74) is 0.767. The molecule has 134 valence electrons. The number of aromatic nitrogens is 2. The minimum Gasteiger partial charge on any atom is -0.456 e. The van der Waals surface area contributed by atoms with E-state index in [-0.39, 0.29) is 25.4 Å². The lowest BCUT2D eigenvalue weighted by atomic mass is 10.2. The Kier molecular flexibility index (Phi) is 6.94. The summed E-state index contributed by atoms with van der Waals surface area (Å²) in [6, 6.07) is 7.02. The summed E-state index contributed by atoms with van der Waals surface area (Å²) >= 11 is 5.83. The second-order valence-electron chi connectivity index (χ2n) is 5.88. The van der Waals surface area contributed by atoms with Crippen molar-refractivity contribution in [2.75, 3.05) is 13.2 Å². The molecular formula is C17H20ClN3O4. The number of hydrogen-bond donors (Lipinski definition) is 1. The molecule has 2 aromatic rings. The Morgan fingerprint density at radius 2 is 2.00 bits per heavy atom. The minimum absolute atomic E-state index is 0.0553. The van der Waals surface area contributed by atoms with Crippen LogP contribution in [-0.4, -0.2) is 35.2 Å². The molecule has 0 saturated carbocycles. The Morgan fingerprint density at radius 1 is 1.28 bits per heavy atom. The zero-order valence-electron chi connectivity index (χ0n) is 14.1. The highest BCUT2D eigenvalue weighted by Gasteiger charge is 2.12. The number of halogens is 1. The lowest BCUT2D eigenvalue weighted by Crippen LogP contribution is -2.31. The van der Waals surface area contributed by atoms with Gasteiger partial charge in [0.15, 0.2) is 6.61 Å². The topological polar surface area (TPSA) is 94.3 Å². The summed E-state index contributed by atoms with van der Waals surface area (Å²) in [5.74, 6) is 0.280. The van der Waals surface area contributed by atoms with E-state index in [4.69, 9.17) is 20.9 Å². The van der Waals surface area contributed by atoms with E-state index >= 15 is 0 Å². The molecule has 0 atom stereocenters. The molecule has 7 nitrogen and oxygen atoms in total. The first-order valence-electron chi connectivity index (χ1n) is 7.95. The fourth-order valence-corrected chi connectivity index (χ4v) is 1.99. The summed E-state index contributed by atoms with van der Waals surface area (Å²) in [4.78, 5) is 27.4. The van der Waals surface area contributed by atoms with Crippen molar-refractivity contribution in [3.8, 4) is 11.4 Å². The predicted octanol–water partition coefficient (Wildman–Crippen LogP) is 2.64. The normalized spacial score (nSPS) is 10.7. The van der Waals surface area contributed by atoms with Crippen LogP contribution in [-0.2, 0) is 20.7 Å². The molecule has 1 aromatic heterocycles. The van der Waals surface area contributed by atoms with E-state index in [1.165, 1.54) is 0 Å². The smallest absolute Gasteiger partial charge is 0.306 e. The third kappa shape index (κ3) is 6.54. The molecule has 0 saturated heterocycles. The SMILES string of the molecule is CC(C)CNC(=O)COC(=O)CCc1nc(-c2ccc(Cl)cc2)no1. The van der Waals surface area contributed by atoms with Crippen LogP contribution in [0.4, 0.5) is 0 Å². The number of carbonyl (C=O) groups is 2. The highest BCUT2D eigenvalue weighted by atomic mass is 35.5. The van der Waals surface area contributed by atoms with Gasteiger partial charge < -0.3 is 14.6 Å². The van der Waals surface area contributed by atoms with Crippen LogP contribution in [0.25, 0.3) is 11.4 Å². The van der Waals surface area contributed by atoms with E-state index < -0.39 is 5.97 Å². The van der Waals surface area contributed by atoms with Crippen molar-refractivity contribution in [3.63, 3.8) is 0 Å². The zero-order valence-corrected chi connectivity index (χ0v) is 14.9. The monoisotopic (exact) mass is 365 g/mol. The van der Waals surface area contributed by atoms with Crippen molar-refractivity contribution < 1.29 is 18.8 Å². The first kappa shape index (κ1) is 18.9. The number of hydrogen-bond acceptors (Lipinski definition) is 6. The van der Waals surface area contributed by atoms with Crippen molar-refractivity contribution >= 4 is 23.5 Å². The molecule has 1 aromatic carbocycles. The molecule has 0 radical (unpaired) electrons. The van der Waals surface area contributed by atoms with Crippen LogP contribution in [0, 0.1) is 5.92 Å². The van der Waals surface area contributed by atoms with Gasteiger partial charge in [-0.15, -0.1) is 0 Å². The second kappa shape index (κ2) is 9.17. The highest BCUT2D eigenvalue weighted by molar-refractivity contribution is 6.30. The predicted molar refractivity (Wildman–Crippen MR) is 91.9 cm³/mol. The van der Waals surface area contributed by atoms with E-state index in [0.717, 1.165) is 5.56 Å². The molecule has 0 bridgehead atoms. The third-order valence-electron chi connectivity index (χ3n) is 3.19. The standard InChI is InChI=1S/C17H20ClN3O4/c1-11(2)9-19-14(22)10-24-16(23)8-7-15-20-17(21-25-15)12-3-5-13(18)6-4-12/h3-6,11H,7-10H2,1-2H3,(H,19,22). The molecule has 25 heavy (non-hydrogen) atoms. The molecule has 0 unspecified atom stereocenters. The van der Waals surface area contributed by atoms with E-state index in [1.807, 2.05) is 13.8 Å². The van der Waals surface area contributed by atoms with Crippen LogP contribution >= 0.6 is 11.6 Å². The number of nitrogens with zero attached hydrogens (tertiary/aromatic N) is 2. The Morgan fingerprint density at radius 3 is 2.68 bits per heavy atom. The number of carbonyl (C=O) groups excluding carboxylic acids is 2. The Balaban J connectivity index is 1.75. The number of rotatable bonds is 8. The Bertz CT molecular complexity index is 713. The first-order chi connectivity index (χ1) is 11.9. The number of amides is 1. The van der Waals surface area contributed by atoms with Gasteiger partial charge in [0.05, 0.1) is 6.42 Å². The summed E-state index contributed by atoms with van der Waals surface area (Å²) in [5, 5.41) is 7.15. The number of aryl methyl sites for hydroxylation is 1. The van der Waals surface area contributed by atoms with Gasteiger partial charge in [-0.25, -0.2) is 0 Å². The van der Waals surface area contributed by atoms with Crippen LogP contribution < -0.4 is 5.32 Å². The van der Waals surface area contributed by atoms with Crippen LogP contribution in [0.2, 0.25) is 5.02 Å². The van der Waals surface area contributed by atoms with Crippen LogP contribution in [0.5, 0.6) is 0 Å². The lowest BCUT2D eigenvalue weighted by Gasteiger charge is -2.07. The molecular weight excluding hydrogens is 346 g/mol. The zero-order chi connectivity index (χ0) is 18.2. The lowest BCUT2D eigenvalue weighted by molar-refractivity contribution is -0.148. The van der Waals surface area contributed by atoms with Gasteiger partial charge in [0.2, 0.25) is 11.7 Å². The molecule has 1 heterocycles. The maximum atomic E-state index is 11.7. The fourth-order valence-electron chi connectivity index (χ4n) is 1.87. The molecule has 0 aliphatic heterocycles. The van der Waals surface area contributed by atoms with Crippen LogP contribution in [0.1, 0.15) is 26.2 Å². The van der Waals surface area contributed by atoms with Gasteiger partial charge in [0, 0.05) is 23.6 Å². The van der Waals surface area contributed by atoms with Gasteiger partial charge in [-0.2, -0.15) is 4.98 Å². The van der Waals surface area contributed by atoms with Crippen molar-refractivity contribution in [1.82, 2.24) is 15.5 Å². The van der Waals surface area contributed by atoms with Crippen molar-refractivity contribution in [2.45, 2.75) is 26.7 Å². The van der Waals surface area contributed by atoms with Gasteiger partial charge in [-0.05, 0) is 30.2 Å². The summed E-state index contributed by atoms with van der Waals surface area (Å²) in [7, 11) is 0. The molecule has 0 spiro atoms. The number of benzene rings is 1. The van der Waals surface area contributed by atoms with Gasteiger partial charge in [0.25, 0.3) is 5.91 Å². The molecule has 0 aliphatic rings. The number of esters is 1. The van der Waals surface area contributed by atoms with E-state index in [1.54, 1.807) is 24.3 Å². The van der Waals surface area contributed by atoms with Crippen LogP contribution in [0.15, 0.2) is 28.8 Å². The molecule has 1 amide bonds. The van der Waals surface area contributed by atoms with Crippen molar-refractivity contribution in [3.05, 3.63) is 35.2 Å². The average molecular weight is 366 g/mol. The quantitative estimate of drug-likeness (QED) is 0.722. The maximum absolute atomic E-state index is 11.7. The van der Waals surface area contributed by atoms with E-state index in [2.05, 4.69) is 15.5 Å². The fraction of sp³-hybridized carbons (Fsp3) is 0.412. The molecule has 2 rings (SSSR count). The van der Waals surface area contributed by atoms with Gasteiger partial charge in [-0.3, -0.25) is 9.59 Å². The van der Waals surface area contributed by atoms with Gasteiger partial charge in [-0.1, -0.05) is 30.6 Å². The number of nitrogens with one attached hydrogen (secondary N) is 1. The van der Waals surface area contributed by atoms with Crippen LogP contribution in [0.3, 0.4) is 0 Å². The Hall–Kier alpha value is -2.41. The van der Waals surface area contributed by atoms with Crippen molar-refractivity contribution in [1.29, 1.82) is 0 Å². The molecule has 1 N–H and O–H groups in total. The average Bonchev–Trinajstić information content (AvgIpc) is 3.06. The highest BCUT2D eigenvalue weighted by Crippen LogP contribution is 2.19. The largest absolute Gasteiger partial charge is 0.456 e. The van der Waals surface area contributed by atoms with Gasteiger partial charge in [0.1, 0.15) is 0 Å². The molecule has 0 aliphatic carbocycles. The minimum atomic E-state index is -0.495. The van der Waals surface area contributed by atoms with Gasteiger partial charge >= 0.3 is 5.97 Å². The first-order valence-corrected chi connectivity index (χ1v) is 8.32. The maximum Gasteiger partial charge on any atom is 0.306 e. The molecule has 8 heteroatoms. The number of ether oxygens (including phenoxy) is 1. The summed E-state index contributed by atoms with van der Waals surface area (Å²) in [6.45, 7) is 4.22. The Labute approximate surface area is 150 Å². The van der Waals surface area contributed by atoms with Crippen molar-refractivity contribution in [2.24, 2.45) is 5.92 Å². The molecule has 0 fully saturated rings. The third-order valence-corrected chi connectivity index (χ3v) is 3.44. The summed E-state index contributed by atoms with van der Waals surface area (Å²) < 4.78 is 10.0. The second-order valence-corrected chi connectivity index (χ2v) is 6.31.